The molecule has 0 saturated carbocycles. The number of nitrogens with two attached hydrogens (primary N) is 2. The van der Waals surface area contributed by atoms with Crippen LogP contribution >= 0.6 is 8.93 Å². The molecule has 9 nitrogen and oxygen atoms in total. The van der Waals surface area contributed by atoms with E-state index in [2.05, 4.69) is 25.3 Å². The molecule has 0 aliphatic heterocycles. The first-order chi connectivity index (χ1) is 12.1. The first kappa shape index (κ1) is 17.6. The quantitative estimate of drug-likeness (QED) is 0.237. The zero-order valence-electron chi connectivity index (χ0n) is 12.7. The second kappa shape index (κ2) is 7.76. The number of hydrogen-bond donors (Lipinski definition) is 4. The fraction of sp³-hybridized carbons (Fsp3) is 0.0714. The molecule has 0 aliphatic rings. The van der Waals surface area contributed by atoms with Gasteiger partial charge in [-0.05, 0) is 0 Å². The summed E-state index contributed by atoms with van der Waals surface area (Å²) >= 11 is -0.629. The third-order valence-electron chi connectivity index (χ3n) is 3.19. The number of carbonyl (C=O) groups excluding carboxylic acids is 1. The van der Waals surface area contributed by atoms with E-state index in [4.69, 9.17) is 9.68 Å². The maximum atomic E-state index is 11.8. The van der Waals surface area contributed by atoms with Crippen LogP contribution in [0.3, 0.4) is 0 Å². The number of hydrogen-bond acceptors (Lipinski definition) is 9. The zero-order chi connectivity index (χ0) is 17.8. The number of nitrogens with one attached hydrogen (secondary N) is 2. The summed E-state index contributed by atoms with van der Waals surface area (Å²) in [6.07, 6.45) is 1.53. The van der Waals surface area contributed by atoms with E-state index in [9.17, 15) is 9.59 Å². The van der Waals surface area contributed by atoms with Crippen molar-refractivity contribution in [3.05, 3.63) is 52.1 Å². The van der Waals surface area contributed by atoms with Crippen LogP contribution in [0.25, 0.3) is 11.2 Å². The first-order valence-corrected chi connectivity index (χ1v) is 11.6. The zero-order valence-corrected chi connectivity index (χ0v) is 15.7. The van der Waals surface area contributed by atoms with Crippen LogP contribution in [0.4, 0.5) is 11.6 Å². The predicted molar refractivity (Wildman–Crippen MR) is 92.2 cm³/mol. The van der Waals surface area contributed by atoms with Crippen molar-refractivity contribution in [3.8, 4) is 0 Å². The summed E-state index contributed by atoms with van der Waals surface area (Å²) in [7, 11) is 1.17. The summed E-state index contributed by atoms with van der Waals surface area (Å²) in [5.74, 6) is 0.00206. The average molecular weight is 470 g/mol. The SMILES string of the molecule is N[I-]SC(=O)c1ccc(NCc2cnc3nc(N)[nH]c(=O)c3n2)cc1. The number of carbonyl (C=O) groups is 1. The number of nitrogens with zero attached hydrogens (tertiary/aromatic N) is 3. The third-order valence-corrected chi connectivity index (χ3v) is 5.62. The van der Waals surface area contributed by atoms with Crippen LogP contribution in [-0.4, -0.2) is 25.1 Å². The fourth-order valence-electron chi connectivity index (χ4n) is 2.06. The van der Waals surface area contributed by atoms with Crippen molar-refractivity contribution in [1.82, 2.24) is 19.9 Å². The monoisotopic (exact) mass is 470 g/mol. The van der Waals surface area contributed by atoms with E-state index < -0.39 is 25.7 Å². The van der Waals surface area contributed by atoms with Crippen molar-refractivity contribution < 1.29 is 24.9 Å². The molecule has 0 amide bonds. The summed E-state index contributed by atoms with van der Waals surface area (Å²) in [6.45, 7) is 0.364. The van der Waals surface area contributed by atoms with Gasteiger partial charge in [-0.15, -0.1) is 0 Å². The second-order valence-corrected chi connectivity index (χ2v) is 8.42. The van der Waals surface area contributed by atoms with Gasteiger partial charge in [-0.1, -0.05) is 0 Å². The molecule has 0 aliphatic carbocycles. The number of H-pyrrole nitrogens is 1. The predicted octanol–water partition coefficient (Wildman–Crippen LogP) is -2.34. The van der Waals surface area contributed by atoms with E-state index in [1.54, 1.807) is 24.3 Å². The van der Waals surface area contributed by atoms with Gasteiger partial charge in [0.25, 0.3) is 0 Å². The van der Waals surface area contributed by atoms with Gasteiger partial charge < -0.3 is 5.73 Å². The third kappa shape index (κ3) is 4.24. The van der Waals surface area contributed by atoms with Crippen LogP contribution in [0.5, 0.6) is 0 Å². The van der Waals surface area contributed by atoms with Crippen molar-refractivity contribution in [2.24, 2.45) is 3.95 Å². The Labute approximate surface area is 155 Å². The molecule has 2 heterocycles. The maximum absolute atomic E-state index is 11.8. The topological polar surface area (TPSA) is 153 Å². The Morgan fingerprint density at radius 1 is 1.28 bits per heavy atom. The van der Waals surface area contributed by atoms with Crippen LogP contribution in [0.2, 0.25) is 0 Å². The van der Waals surface area contributed by atoms with Gasteiger partial charge in [0, 0.05) is 0 Å². The van der Waals surface area contributed by atoms with Crippen LogP contribution in [0.1, 0.15) is 16.1 Å². The van der Waals surface area contributed by atoms with Crippen molar-refractivity contribution in [3.63, 3.8) is 0 Å². The Hall–Kier alpha value is -2.25. The molecule has 2 aromatic heterocycles. The van der Waals surface area contributed by atoms with Gasteiger partial charge in [-0.3, -0.25) is 9.78 Å². The van der Waals surface area contributed by atoms with Crippen molar-refractivity contribution in [2.45, 2.75) is 6.54 Å². The van der Waals surface area contributed by atoms with Gasteiger partial charge >= 0.3 is 129 Å². The second-order valence-electron chi connectivity index (χ2n) is 4.87. The number of anilines is 2. The first-order valence-electron chi connectivity index (χ1n) is 6.97. The van der Waals surface area contributed by atoms with E-state index in [0.29, 0.717) is 17.8 Å². The molecule has 0 atom stereocenters. The summed E-state index contributed by atoms with van der Waals surface area (Å²) < 4.78 is 5.46. The molecule has 3 aromatic rings. The molecule has 0 saturated heterocycles. The average Bonchev–Trinajstić information content (AvgIpc) is 2.61. The molecule has 6 N–H and O–H groups in total. The van der Waals surface area contributed by atoms with Crippen molar-refractivity contribution in [2.75, 3.05) is 11.1 Å². The molecule has 0 bridgehead atoms. The Bertz CT molecular complexity index is 977. The Kier molecular flexibility index (Phi) is 5.45. The van der Waals surface area contributed by atoms with Crippen LogP contribution in [-0.2, 0) is 6.54 Å². The Balaban J connectivity index is 1.72. The van der Waals surface area contributed by atoms with E-state index in [1.807, 2.05) is 0 Å². The van der Waals surface area contributed by atoms with Gasteiger partial charge in [0.1, 0.15) is 0 Å². The number of rotatable bonds is 5. The number of benzene rings is 1. The van der Waals surface area contributed by atoms with Gasteiger partial charge in [0.05, 0.1) is 0 Å². The molecular formula is C14H13IN7O2S-. The molecule has 130 valence electrons. The molecule has 3 rings (SSSR count). The number of aromatic nitrogens is 4. The fourth-order valence-corrected chi connectivity index (χ4v) is 3.82. The molecule has 25 heavy (non-hydrogen) atoms. The summed E-state index contributed by atoms with van der Waals surface area (Å²) in [4.78, 5) is 38.2. The molecule has 0 radical (unpaired) electrons. The number of nitrogen functional groups attached to an aromatic ring is 1. The Morgan fingerprint density at radius 2 is 2.04 bits per heavy atom. The number of halogens is 1. The van der Waals surface area contributed by atoms with Gasteiger partial charge in [0.2, 0.25) is 5.95 Å². The molecule has 0 fully saturated rings. The molecular weight excluding hydrogens is 457 g/mol. The van der Waals surface area contributed by atoms with Crippen molar-refractivity contribution in [1.29, 1.82) is 0 Å². The molecule has 0 unspecified atom stereocenters. The number of fused-ring (bicyclic) bond motifs is 1. The normalized spacial score (nSPS) is 10.9. The van der Waals surface area contributed by atoms with E-state index in [1.165, 1.54) is 15.1 Å². The summed E-state index contributed by atoms with van der Waals surface area (Å²) in [5, 5.41) is 3.14. The number of aromatic amines is 1. The van der Waals surface area contributed by atoms with Crippen LogP contribution in [0, 0.1) is 0 Å². The van der Waals surface area contributed by atoms with Gasteiger partial charge in [-0.25, -0.2) is 0 Å². The molecule has 1 aromatic carbocycles. The van der Waals surface area contributed by atoms with E-state index in [-0.39, 0.29) is 22.2 Å². The minimum atomic E-state index is -0.629. The van der Waals surface area contributed by atoms with Crippen LogP contribution < -0.4 is 40.7 Å². The van der Waals surface area contributed by atoms with Crippen molar-refractivity contribution >= 4 is 36.8 Å². The van der Waals surface area contributed by atoms with Gasteiger partial charge in [-0.2, -0.15) is 4.98 Å². The summed E-state index contributed by atoms with van der Waals surface area (Å²) in [6, 6.07) is 7.07. The van der Waals surface area contributed by atoms with Crippen LogP contribution in [0.15, 0.2) is 35.3 Å². The Morgan fingerprint density at radius 3 is 2.76 bits per heavy atom. The van der Waals surface area contributed by atoms with E-state index >= 15 is 0 Å². The summed E-state index contributed by atoms with van der Waals surface area (Å²) in [5.41, 5.74) is 7.38. The molecule has 0 spiro atoms. The minimum absolute atomic E-state index is 0.00206. The standard InChI is InChI=1S/C14H13IN7O2S/c16-14-21-11-10(12(23)22-14)20-9(6-19-11)5-18-8-3-1-7(2-4-8)13(24)25-15-17/h1-4,6,18H,5,17H2,(H3,16,19,21,22,23)/q-1. The van der Waals surface area contributed by atoms with Gasteiger partial charge in [0.15, 0.2) is 0 Å². The molecule has 11 heteroatoms. The van der Waals surface area contributed by atoms with E-state index in [0.717, 1.165) is 5.69 Å².